The van der Waals surface area contributed by atoms with E-state index in [2.05, 4.69) is 118 Å². The number of aliphatic hydroxyl groups is 2. The van der Waals surface area contributed by atoms with Crippen LogP contribution in [-0.2, 0) is 42.9 Å². The number of unbranched alkanes of at least 4 members (excludes halogenated alkanes) is 13. The zero-order valence-electron chi connectivity index (χ0n) is 46.2. The van der Waals surface area contributed by atoms with E-state index >= 15 is 0 Å². The average Bonchev–Trinajstić information content (AvgIpc) is 3.39. The summed E-state index contributed by atoms with van der Waals surface area (Å²) >= 11 is 0. The monoisotopic (exact) mass is 1050 g/mol. The Balaban J connectivity index is 2.79. The largest absolute Gasteiger partial charge is 0.479 e. The molecule has 0 aromatic rings. The van der Waals surface area contributed by atoms with Crippen molar-refractivity contribution in [2.24, 2.45) is 0 Å². The predicted molar refractivity (Wildman–Crippen MR) is 303 cm³/mol. The van der Waals surface area contributed by atoms with E-state index in [1.54, 1.807) is 12.2 Å². The predicted octanol–water partition coefficient (Wildman–Crippen LogP) is 14.4. The van der Waals surface area contributed by atoms with Gasteiger partial charge in [0.05, 0.1) is 13.0 Å². The van der Waals surface area contributed by atoms with Gasteiger partial charge in [-0.1, -0.05) is 194 Å². The minimum Gasteiger partial charge on any atom is -0.479 e. The first kappa shape index (κ1) is 68.1. The van der Waals surface area contributed by atoms with Gasteiger partial charge in [-0.25, -0.2) is 4.79 Å². The lowest BCUT2D eigenvalue weighted by Crippen LogP contribution is -2.61. The van der Waals surface area contributed by atoms with Gasteiger partial charge in [0.15, 0.2) is 24.6 Å². The third kappa shape index (κ3) is 40.1. The van der Waals surface area contributed by atoms with Crippen LogP contribution in [0.5, 0.6) is 0 Å². The van der Waals surface area contributed by atoms with Crippen LogP contribution >= 0.6 is 0 Å². The van der Waals surface area contributed by atoms with Crippen molar-refractivity contribution in [2.45, 2.75) is 237 Å². The fraction of sp³-hybridized carbons (Fsp3) is 0.619. The van der Waals surface area contributed by atoms with Gasteiger partial charge in [0.2, 0.25) is 0 Å². The van der Waals surface area contributed by atoms with Gasteiger partial charge in [-0.05, 0) is 109 Å². The molecule has 0 saturated carbocycles. The number of carbonyl (C=O) groups is 4. The number of rotatable bonds is 46. The summed E-state index contributed by atoms with van der Waals surface area (Å²) in [6.07, 6.45) is 56.2. The van der Waals surface area contributed by atoms with Crippen LogP contribution in [0.15, 0.2) is 122 Å². The number of esters is 3. The van der Waals surface area contributed by atoms with Crippen LogP contribution in [0.1, 0.15) is 201 Å². The molecule has 3 N–H and O–H groups in total. The summed E-state index contributed by atoms with van der Waals surface area (Å²) in [5, 5.41) is 31.4. The zero-order valence-corrected chi connectivity index (χ0v) is 46.2. The number of hydrogen-bond donors (Lipinski definition) is 3. The molecule has 0 aromatic carbocycles. The van der Waals surface area contributed by atoms with Crippen molar-refractivity contribution in [1.29, 1.82) is 0 Å². The molecule has 0 radical (unpaired) electrons. The molecule has 422 valence electrons. The van der Waals surface area contributed by atoms with Gasteiger partial charge in [0, 0.05) is 12.8 Å². The van der Waals surface area contributed by atoms with Gasteiger partial charge < -0.3 is 39.0 Å². The van der Waals surface area contributed by atoms with Crippen molar-refractivity contribution in [3.63, 3.8) is 0 Å². The molecule has 6 atom stereocenters. The lowest BCUT2D eigenvalue weighted by atomic mass is 9.98. The minimum absolute atomic E-state index is 0.126. The third-order valence-electron chi connectivity index (χ3n) is 12.0. The first-order chi connectivity index (χ1) is 36.6. The fourth-order valence-electron chi connectivity index (χ4n) is 7.72. The van der Waals surface area contributed by atoms with Crippen molar-refractivity contribution in [1.82, 2.24) is 0 Å². The summed E-state index contributed by atoms with van der Waals surface area (Å²) in [6, 6.07) is 0. The number of aliphatic hydroxyl groups excluding tert-OH is 2. The normalized spacial score (nSPS) is 19.1. The van der Waals surface area contributed by atoms with Crippen LogP contribution in [0.3, 0.4) is 0 Å². The number of allylic oxidation sites excluding steroid dienone is 19. The van der Waals surface area contributed by atoms with Gasteiger partial charge in [0.1, 0.15) is 18.8 Å². The van der Waals surface area contributed by atoms with Crippen molar-refractivity contribution >= 4 is 23.9 Å². The highest BCUT2D eigenvalue weighted by molar-refractivity contribution is 5.74. The van der Waals surface area contributed by atoms with Crippen molar-refractivity contribution in [3.8, 4) is 0 Å². The lowest BCUT2D eigenvalue weighted by molar-refractivity contribution is -0.301. The summed E-state index contributed by atoms with van der Waals surface area (Å²) < 4.78 is 28.2. The summed E-state index contributed by atoms with van der Waals surface area (Å²) in [5.74, 6) is -3.34. The SMILES string of the molecule is CC/C=C\C/C=C\C/C=C\C/C=C\C/C=C\CC(=O)OC1C(OCC(COC(=O)CCCCCCC/C=C\C/C=C\C/C=C\CC)OC(=O)CCCCCCC/C=C\C/C=C\CCCCC)OC(C(=O)O)C(O)C1O. The van der Waals surface area contributed by atoms with Crippen molar-refractivity contribution < 1.29 is 58.2 Å². The van der Waals surface area contributed by atoms with Crippen LogP contribution in [0, 0.1) is 0 Å². The highest BCUT2D eigenvalue weighted by Gasteiger charge is 2.50. The molecule has 0 bridgehead atoms. The van der Waals surface area contributed by atoms with Crippen molar-refractivity contribution in [2.75, 3.05) is 13.2 Å². The maximum atomic E-state index is 13.1. The molecule has 75 heavy (non-hydrogen) atoms. The molecule has 6 unspecified atom stereocenters. The summed E-state index contributed by atoms with van der Waals surface area (Å²) in [4.78, 5) is 51.0. The van der Waals surface area contributed by atoms with Gasteiger partial charge >= 0.3 is 23.9 Å². The van der Waals surface area contributed by atoms with E-state index in [9.17, 15) is 34.5 Å². The van der Waals surface area contributed by atoms with Crippen LogP contribution in [0.25, 0.3) is 0 Å². The second kappa shape index (κ2) is 50.0. The van der Waals surface area contributed by atoms with E-state index < -0.39 is 67.3 Å². The molecular weight excluding hydrogens is 949 g/mol. The van der Waals surface area contributed by atoms with Crippen molar-refractivity contribution in [3.05, 3.63) is 122 Å². The molecule has 0 spiro atoms. The molecular formula is C63H98O12. The topological polar surface area (TPSA) is 175 Å². The van der Waals surface area contributed by atoms with E-state index in [-0.39, 0.29) is 25.9 Å². The third-order valence-corrected chi connectivity index (χ3v) is 12.0. The number of hydrogen-bond acceptors (Lipinski definition) is 11. The Kier molecular flexibility index (Phi) is 45.4. The number of carbonyl (C=O) groups excluding carboxylic acids is 3. The molecule has 0 amide bonds. The Hall–Kier alpha value is -4.88. The standard InChI is InChI=1S/C63H98O12/c1-4-7-10-13-16-19-22-25-28-31-34-37-40-43-46-49-55(64)71-52-54(73-56(65)50-47-44-41-38-35-32-29-26-23-20-17-14-11-8-5-2)53-72-63-61(59(68)58(67)60(75-63)62(69)70)74-57(66)51-48-45-42-39-36-33-30-27-24-21-18-15-12-9-6-3/h7,9-10,12,16-21,25-30,36,39,45,48,54,58-61,63,67-68H,4-6,8,11,13-15,22-24,31-35,37-38,40-44,46-47,49-53H2,1-3H3,(H,69,70)/b10-7-,12-9-,19-16-,20-17-,21-18-,28-25-,29-26-,30-27-,39-36-,48-45-. The maximum Gasteiger partial charge on any atom is 0.335 e. The van der Waals surface area contributed by atoms with E-state index in [1.807, 2.05) is 12.2 Å². The fourth-order valence-corrected chi connectivity index (χ4v) is 7.72. The smallest absolute Gasteiger partial charge is 0.335 e. The van der Waals surface area contributed by atoms with Gasteiger partial charge in [-0.2, -0.15) is 0 Å². The van der Waals surface area contributed by atoms with Crippen LogP contribution in [0.2, 0.25) is 0 Å². The number of ether oxygens (including phenoxy) is 5. The van der Waals surface area contributed by atoms with Crippen LogP contribution in [0.4, 0.5) is 0 Å². The Morgan fingerprint density at radius 1 is 0.467 bits per heavy atom. The summed E-state index contributed by atoms with van der Waals surface area (Å²) in [5.41, 5.74) is 0. The number of aliphatic carboxylic acids is 1. The number of carboxylic acids is 1. The maximum absolute atomic E-state index is 13.1. The molecule has 1 fully saturated rings. The molecule has 1 heterocycles. The molecule has 1 rings (SSSR count). The van der Waals surface area contributed by atoms with E-state index in [0.717, 1.165) is 122 Å². The molecule has 12 heteroatoms. The average molecular weight is 1050 g/mol. The molecule has 12 nitrogen and oxygen atoms in total. The van der Waals surface area contributed by atoms with Gasteiger partial charge in [-0.15, -0.1) is 0 Å². The molecule has 1 saturated heterocycles. The first-order valence-corrected chi connectivity index (χ1v) is 28.5. The van der Waals surface area contributed by atoms with E-state index in [0.29, 0.717) is 19.3 Å². The molecule has 1 aliphatic rings. The van der Waals surface area contributed by atoms with Gasteiger partial charge in [-0.3, -0.25) is 14.4 Å². The zero-order chi connectivity index (χ0) is 54.7. The Morgan fingerprint density at radius 3 is 1.35 bits per heavy atom. The van der Waals surface area contributed by atoms with E-state index in [4.69, 9.17) is 23.7 Å². The summed E-state index contributed by atoms with van der Waals surface area (Å²) in [7, 11) is 0. The Labute approximate surface area is 452 Å². The van der Waals surface area contributed by atoms with Gasteiger partial charge in [0.25, 0.3) is 0 Å². The minimum atomic E-state index is -1.94. The first-order valence-electron chi connectivity index (χ1n) is 28.5. The Bertz CT molecular complexity index is 1770. The van der Waals surface area contributed by atoms with E-state index in [1.165, 1.54) is 19.3 Å². The van der Waals surface area contributed by atoms with Crippen LogP contribution in [-0.4, -0.2) is 89.2 Å². The number of carboxylic acid groups (broad SMARTS) is 1. The Morgan fingerprint density at radius 2 is 0.880 bits per heavy atom. The lowest BCUT2D eigenvalue weighted by Gasteiger charge is -2.40. The summed E-state index contributed by atoms with van der Waals surface area (Å²) in [6.45, 7) is 5.65. The van der Waals surface area contributed by atoms with Crippen LogP contribution < -0.4 is 0 Å². The molecule has 0 aliphatic carbocycles. The quantitative estimate of drug-likeness (QED) is 0.0228. The highest BCUT2D eigenvalue weighted by atomic mass is 16.7. The molecule has 0 aromatic heterocycles. The molecule has 1 aliphatic heterocycles. The highest BCUT2D eigenvalue weighted by Crippen LogP contribution is 2.26. The second-order valence-corrected chi connectivity index (χ2v) is 18.8. The second-order valence-electron chi connectivity index (χ2n) is 18.8.